The van der Waals surface area contributed by atoms with E-state index >= 15 is 0 Å². The molecule has 172 valence electrons. The Morgan fingerprint density at radius 1 is 1.03 bits per heavy atom. The minimum absolute atomic E-state index is 0. The molecule has 0 spiro atoms. The highest BCUT2D eigenvalue weighted by atomic mass is 127. The normalized spacial score (nSPS) is 19.7. The van der Waals surface area contributed by atoms with Crippen molar-refractivity contribution in [2.24, 2.45) is 16.8 Å². The molecule has 0 radical (unpaired) electrons. The topological polar surface area (TPSA) is 58.1 Å². The zero-order chi connectivity index (χ0) is 21.1. The molecule has 0 amide bonds. The highest BCUT2D eigenvalue weighted by molar-refractivity contribution is 14.0. The molecule has 0 bridgehead atoms. The fraction of sp³-hybridized carbons (Fsp3) is 0.696. The molecule has 6 nitrogen and oxygen atoms in total. The number of unbranched alkanes of at least 4 members (excludes halogenated alkanes) is 1. The molecule has 1 heterocycles. The van der Waals surface area contributed by atoms with E-state index in [0.29, 0.717) is 0 Å². The van der Waals surface area contributed by atoms with Crippen molar-refractivity contribution in [2.75, 3.05) is 54.0 Å². The number of aliphatic imine (C=N–C) groups is 1. The average molecular weight is 533 g/mol. The summed E-state index contributed by atoms with van der Waals surface area (Å²) in [6.07, 6.45) is 4.67. The molecule has 1 aliphatic heterocycles. The Bertz CT molecular complexity index is 632. The van der Waals surface area contributed by atoms with E-state index in [1.165, 1.54) is 38.0 Å². The predicted molar refractivity (Wildman–Crippen MR) is 137 cm³/mol. The highest BCUT2D eigenvalue weighted by Gasteiger charge is 2.20. The number of methoxy groups -OCH3 is 2. The highest BCUT2D eigenvalue weighted by Crippen LogP contribution is 2.27. The van der Waals surface area contributed by atoms with Crippen LogP contribution in [0.4, 0.5) is 0 Å². The second-order valence-electron chi connectivity index (χ2n) is 8.28. The molecule has 7 heteroatoms. The van der Waals surface area contributed by atoms with Gasteiger partial charge in [-0.25, -0.2) is 0 Å². The standard InChI is InChI=1S/C23H40N4O2.HI/c1-18-14-19(2)17-27(16-18)13-7-6-11-25-23(24-3)26-12-10-20-8-9-21(28-4)22(15-20)29-5;/h8-9,15,18-19H,6-7,10-14,16-17H2,1-5H3,(H2,24,25,26);1H. The monoisotopic (exact) mass is 532 g/mol. The van der Waals surface area contributed by atoms with E-state index in [9.17, 15) is 0 Å². The van der Waals surface area contributed by atoms with Crippen LogP contribution in [0.15, 0.2) is 23.2 Å². The van der Waals surface area contributed by atoms with E-state index in [-0.39, 0.29) is 24.0 Å². The Labute approximate surface area is 200 Å². The summed E-state index contributed by atoms with van der Waals surface area (Å²) in [6.45, 7) is 10.3. The first-order valence-electron chi connectivity index (χ1n) is 10.9. The fourth-order valence-corrected chi connectivity index (χ4v) is 4.22. The molecule has 0 aliphatic carbocycles. The number of likely N-dealkylation sites (tertiary alicyclic amines) is 1. The number of nitrogens with one attached hydrogen (secondary N) is 2. The molecule has 1 aliphatic rings. The summed E-state index contributed by atoms with van der Waals surface area (Å²) in [7, 11) is 5.14. The molecular weight excluding hydrogens is 491 g/mol. The minimum Gasteiger partial charge on any atom is -0.493 e. The maximum Gasteiger partial charge on any atom is 0.190 e. The van der Waals surface area contributed by atoms with Gasteiger partial charge in [-0.05, 0) is 61.8 Å². The lowest BCUT2D eigenvalue weighted by Crippen LogP contribution is -2.40. The molecule has 30 heavy (non-hydrogen) atoms. The van der Waals surface area contributed by atoms with Crippen molar-refractivity contribution in [3.05, 3.63) is 23.8 Å². The summed E-state index contributed by atoms with van der Waals surface area (Å²) in [4.78, 5) is 6.96. The Hall–Kier alpha value is -1.22. The molecule has 2 rings (SSSR count). The van der Waals surface area contributed by atoms with Gasteiger partial charge < -0.3 is 25.0 Å². The second-order valence-corrected chi connectivity index (χ2v) is 8.28. The first kappa shape index (κ1) is 26.8. The van der Waals surface area contributed by atoms with Crippen molar-refractivity contribution < 1.29 is 9.47 Å². The molecule has 1 aromatic carbocycles. The number of piperidine rings is 1. The number of benzene rings is 1. The van der Waals surface area contributed by atoms with E-state index < -0.39 is 0 Å². The summed E-state index contributed by atoms with van der Waals surface area (Å²) >= 11 is 0. The molecular formula is C23H41IN4O2. The molecule has 1 fully saturated rings. The minimum atomic E-state index is 0. The van der Waals surface area contributed by atoms with Crippen LogP contribution < -0.4 is 20.1 Å². The quantitative estimate of drug-likeness (QED) is 0.208. The van der Waals surface area contributed by atoms with Gasteiger partial charge in [-0.1, -0.05) is 19.9 Å². The van der Waals surface area contributed by atoms with E-state index in [1.807, 2.05) is 19.2 Å². The van der Waals surface area contributed by atoms with Crippen LogP contribution in [0.1, 0.15) is 38.7 Å². The van der Waals surface area contributed by atoms with Crippen molar-refractivity contribution >= 4 is 29.9 Å². The van der Waals surface area contributed by atoms with Crippen LogP contribution in [0.5, 0.6) is 11.5 Å². The van der Waals surface area contributed by atoms with Crippen LogP contribution in [-0.2, 0) is 6.42 Å². The first-order chi connectivity index (χ1) is 14.0. The van der Waals surface area contributed by atoms with Crippen molar-refractivity contribution in [1.29, 1.82) is 0 Å². The van der Waals surface area contributed by atoms with Crippen LogP contribution in [-0.4, -0.2) is 64.9 Å². The summed E-state index contributed by atoms with van der Waals surface area (Å²) in [5, 5.41) is 6.82. The van der Waals surface area contributed by atoms with E-state index in [0.717, 1.165) is 55.2 Å². The van der Waals surface area contributed by atoms with Crippen molar-refractivity contribution in [1.82, 2.24) is 15.5 Å². The van der Waals surface area contributed by atoms with Gasteiger partial charge in [0.15, 0.2) is 17.5 Å². The average Bonchev–Trinajstić information content (AvgIpc) is 2.71. The lowest BCUT2D eigenvalue weighted by molar-refractivity contribution is 0.139. The molecule has 0 aromatic heterocycles. The van der Waals surface area contributed by atoms with Gasteiger partial charge >= 0.3 is 0 Å². The van der Waals surface area contributed by atoms with E-state index in [1.54, 1.807) is 14.2 Å². The third-order valence-electron chi connectivity index (χ3n) is 5.52. The van der Waals surface area contributed by atoms with Gasteiger partial charge in [0.25, 0.3) is 0 Å². The number of guanidine groups is 1. The van der Waals surface area contributed by atoms with Crippen molar-refractivity contribution in [3.63, 3.8) is 0 Å². The Balaban J connectivity index is 0.00000450. The van der Waals surface area contributed by atoms with Gasteiger partial charge in [0.05, 0.1) is 14.2 Å². The smallest absolute Gasteiger partial charge is 0.190 e. The van der Waals surface area contributed by atoms with Crippen LogP contribution in [0.25, 0.3) is 0 Å². The fourth-order valence-electron chi connectivity index (χ4n) is 4.22. The number of hydrogen-bond donors (Lipinski definition) is 2. The van der Waals surface area contributed by atoms with E-state index in [2.05, 4.69) is 40.4 Å². The zero-order valence-electron chi connectivity index (χ0n) is 19.4. The number of ether oxygens (including phenoxy) is 2. The summed E-state index contributed by atoms with van der Waals surface area (Å²) in [6, 6.07) is 6.05. The first-order valence-corrected chi connectivity index (χ1v) is 10.9. The van der Waals surface area contributed by atoms with Crippen molar-refractivity contribution in [3.8, 4) is 11.5 Å². The lowest BCUT2D eigenvalue weighted by atomic mass is 9.92. The predicted octanol–water partition coefficient (Wildman–Crippen LogP) is 3.79. The van der Waals surface area contributed by atoms with Gasteiger partial charge in [-0.3, -0.25) is 4.99 Å². The SMILES string of the molecule is CN=C(NCCCCN1CC(C)CC(C)C1)NCCc1ccc(OC)c(OC)c1.I. The van der Waals surface area contributed by atoms with E-state index in [4.69, 9.17) is 9.47 Å². The molecule has 2 atom stereocenters. The number of nitrogens with zero attached hydrogens (tertiary/aromatic N) is 2. The van der Waals surface area contributed by atoms with Crippen LogP contribution >= 0.6 is 24.0 Å². The van der Waals surface area contributed by atoms with Gasteiger partial charge in [0.2, 0.25) is 0 Å². The molecule has 1 saturated heterocycles. The van der Waals surface area contributed by atoms with Crippen molar-refractivity contribution in [2.45, 2.75) is 39.5 Å². The molecule has 2 N–H and O–H groups in total. The number of halogens is 1. The largest absolute Gasteiger partial charge is 0.493 e. The summed E-state index contributed by atoms with van der Waals surface area (Å²) < 4.78 is 10.7. The molecule has 1 aromatic rings. The third-order valence-corrected chi connectivity index (χ3v) is 5.52. The summed E-state index contributed by atoms with van der Waals surface area (Å²) in [5.41, 5.74) is 1.20. The lowest BCUT2D eigenvalue weighted by Gasteiger charge is -2.34. The summed E-state index contributed by atoms with van der Waals surface area (Å²) in [5.74, 6) is 4.07. The maximum absolute atomic E-state index is 5.37. The zero-order valence-corrected chi connectivity index (χ0v) is 21.7. The third kappa shape index (κ3) is 9.29. The maximum atomic E-state index is 5.37. The number of hydrogen-bond acceptors (Lipinski definition) is 4. The van der Waals surface area contributed by atoms with Gasteiger partial charge in [-0.15, -0.1) is 24.0 Å². The van der Waals surface area contributed by atoms with Gasteiger partial charge in [0.1, 0.15) is 0 Å². The number of rotatable bonds is 10. The van der Waals surface area contributed by atoms with Gasteiger partial charge in [0, 0.05) is 33.2 Å². The molecule has 0 saturated carbocycles. The Morgan fingerprint density at radius 2 is 1.70 bits per heavy atom. The Morgan fingerprint density at radius 3 is 2.33 bits per heavy atom. The van der Waals surface area contributed by atoms with Gasteiger partial charge in [-0.2, -0.15) is 0 Å². The van der Waals surface area contributed by atoms with Crippen LogP contribution in [0.3, 0.4) is 0 Å². The van der Waals surface area contributed by atoms with Crippen LogP contribution in [0.2, 0.25) is 0 Å². The van der Waals surface area contributed by atoms with Crippen LogP contribution in [0, 0.1) is 11.8 Å². The molecule has 2 unspecified atom stereocenters. The second kappa shape index (κ2) is 14.7. The Kier molecular flexibility index (Phi) is 13.2.